The molecule has 0 radical (unpaired) electrons. The highest BCUT2D eigenvalue weighted by molar-refractivity contribution is 5.78. The molecular weight excluding hydrogens is 236 g/mol. The molecule has 0 aromatic heterocycles. The van der Waals surface area contributed by atoms with Crippen molar-refractivity contribution in [2.24, 2.45) is 17.6 Å². The van der Waals surface area contributed by atoms with Crippen molar-refractivity contribution in [3.05, 3.63) is 35.4 Å². The first-order valence-electron chi connectivity index (χ1n) is 7.12. The molecule has 1 unspecified atom stereocenters. The second-order valence-electron chi connectivity index (χ2n) is 5.45. The van der Waals surface area contributed by atoms with Gasteiger partial charge in [-0.1, -0.05) is 45.0 Å². The summed E-state index contributed by atoms with van der Waals surface area (Å²) in [5, 5.41) is 2.97. The van der Waals surface area contributed by atoms with Crippen LogP contribution < -0.4 is 11.1 Å². The molecule has 1 rings (SSSR count). The zero-order valence-electron chi connectivity index (χ0n) is 12.3. The first-order valence-corrected chi connectivity index (χ1v) is 7.12. The van der Waals surface area contributed by atoms with Gasteiger partial charge in [0.25, 0.3) is 0 Å². The summed E-state index contributed by atoms with van der Waals surface area (Å²) >= 11 is 0. The molecule has 3 N–H and O–H groups in total. The molecule has 0 spiro atoms. The van der Waals surface area contributed by atoms with Gasteiger partial charge in [-0.2, -0.15) is 0 Å². The van der Waals surface area contributed by atoms with Crippen LogP contribution in [-0.4, -0.2) is 12.5 Å². The summed E-state index contributed by atoms with van der Waals surface area (Å²) in [6.45, 7) is 7.35. The monoisotopic (exact) mass is 262 g/mol. The zero-order chi connectivity index (χ0) is 14.3. The van der Waals surface area contributed by atoms with Crippen molar-refractivity contribution in [1.29, 1.82) is 0 Å². The van der Waals surface area contributed by atoms with Crippen LogP contribution in [0.5, 0.6) is 0 Å². The smallest absolute Gasteiger partial charge is 0.224 e. The van der Waals surface area contributed by atoms with Crippen LogP contribution >= 0.6 is 0 Å². The third kappa shape index (κ3) is 5.43. The van der Waals surface area contributed by atoms with E-state index >= 15 is 0 Å². The normalized spacial score (nSPS) is 12.5. The first kappa shape index (κ1) is 15.7. The topological polar surface area (TPSA) is 55.1 Å². The van der Waals surface area contributed by atoms with Crippen molar-refractivity contribution in [2.75, 3.05) is 6.54 Å². The molecular formula is C16H26N2O. The number of rotatable bonds is 7. The van der Waals surface area contributed by atoms with Gasteiger partial charge in [0.1, 0.15) is 0 Å². The van der Waals surface area contributed by atoms with Crippen molar-refractivity contribution in [1.82, 2.24) is 5.32 Å². The molecule has 1 aromatic rings. The van der Waals surface area contributed by atoms with E-state index in [1.165, 1.54) is 5.56 Å². The molecule has 0 aliphatic rings. The number of aryl methyl sites for hydroxylation is 1. The summed E-state index contributed by atoms with van der Waals surface area (Å²) in [5.41, 5.74) is 8.11. The fraction of sp³-hybridized carbons (Fsp3) is 0.562. The Kier molecular flexibility index (Phi) is 6.57. The Labute approximate surface area is 116 Å². The van der Waals surface area contributed by atoms with Gasteiger partial charge < -0.3 is 11.1 Å². The fourth-order valence-electron chi connectivity index (χ4n) is 2.11. The third-order valence-corrected chi connectivity index (χ3v) is 3.31. The van der Waals surface area contributed by atoms with Gasteiger partial charge in [-0.3, -0.25) is 4.79 Å². The van der Waals surface area contributed by atoms with E-state index in [4.69, 9.17) is 5.73 Å². The molecule has 0 aliphatic carbocycles. The molecule has 1 amide bonds. The maximum atomic E-state index is 12.0. The van der Waals surface area contributed by atoms with Crippen molar-refractivity contribution in [3.8, 4) is 0 Å². The first-order chi connectivity index (χ1) is 9.06. The summed E-state index contributed by atoms with van der Waals surface area (Å²) < 4.78 is 0. The summed E-state index contributed by atoms with van der Waals surface area (Å²) in [6, 6.07) is 8.35. The lowest BCUT2D eigenvalue weighted by Gasteiger charge is -2.16. The van der Waals surface area contributed by atoms with Crippen LogP contribution in [0.4, 0.5) is 0 Å². The van der Waals surface area contributed by atoms with Crippen LogP contribution in [0.1, 0.15) is 38.3 Å². The number of nitrogens with two attached hydrogens (primary N) is 1. The number of nitrogens with one attached hydrogen (secondary N) is 1. The SMILES string of the molecule is CCc1ccc(CNC(=O)C(CN)CC(C)C)cc1. The molecule has 3 heteroatoms. The minimum atomic E-state index is -0.0742. The maximum Gasteiger partial charge on any atom is 0.224 e. The molecule has 1 aromatic carbocycles. The van der Waals surface area contributed by atoms with E-state index in [0.717, 1.165) is 18.4 Å². The lowest BCUT2D eigenvalue weighted by Crippen LogP contribution is -2.35. The molecule has 3 nitrogen and oxygen atoms in total. The average Bonchev–Trinajstić information content (AvgIpc) is 2.42. The molecule has 1 atom stereocenters. The largest absolute Gasteiger partial charge is 0.352 e. The highest BCUT2D eigenvalue weighted by Crippen LogP contribution is 2.11. The van der Waals surface area contributed by atoms with Crippen molar-refractivity contribution < 1.29 is 4.79 Å². The number of benzene rings is 1. The number of carbonyl (C=O) groups excluding carboxylic acids is 1. The molecule has 0 aliphatic heterocycles. The highest BCUT2D eigenvalue weighted by Gasteiger charge is 2.17. The molecule has 0 saturated carbocycles. The molecule has 0 fully saturated rings. The van der Waals surface area contributed by atoms with E-state index in [0.29, 0.717) is 19.0 Å². The quantitative estimate of drug-likeness (QED) is 0.793. The lowest BCUT2D eigenvalue weighted by molar-refractivity contribution is -0.125. The van der Waals surface area contributed by atoms with Gasteiger partial charge in [-0.05, 0) is 29.9 Å². The Bertz CT molecular complexity index is 384. The third-order valence-electron chi connectivity index (χ3n) is 3.31. The van der Waals surface area contributed by atoms with Crippen LogP contribution in [0, 0.1) is 11.8 Å². The van der Waals surface area contributed by atoms with Gasteiger partial charge in [0.15, 0.2) is 0 Å². The fourth-order valence-corrected chi connectivity index (χ4v) is 2.11. The number of carbonyl (C=O) groups is 1. The predicted octanol–water partition coefficient (Wildman–Crippen LogP) is 2.49. The van der Waals surface area contributed by atoms with Crippen molar-refractivity contribution >= 4 is 5.91 Å². The molecule has 0 saturated heterocycles. The zero-order valence-corrected chi connectivity index (χ0v) is 12.3. The summed E-state index contributed by atoms with van der Waals surface area (Å²) in [7, 11) is 0. The second kappa shape index (κ2) is 7.95. The molecule has 0 heterocycles. The van der Waals surface area contributed by atoms with E-state index in [2.05, 4.69) is 50.4 Å². The minimum absolute atomic E-state index is 0.0655. The van der Waals surface area contributed by atoms with Crippen molar-refractivity contribution in [3.63, 3.8) is 0 Å². The van der Waals surface area contributed by atoms with E-state index in [1.807, 2.05) is 0 Å². The van der Waals surface area contributed by atoms with Crippen LogP contribution in [0.25, 0.3) is 0 Å². The Hall–Kier alpha value is -1.35. The van der Waals surface area contributed by atoms with Gasteiger partial charge in [-0.25, -0.2) is 0 Å². The Morgan fingerprint density at radius 2 is 1.79 bits per heavy atom. The Morgan fingerprint density at radius 3 is 2.26 bits per heavy atom. The summed E-state index contributed by atoms with van der Waals surface area (Å²) in [4.78, 5) is 12.0. The Balaban J connectivity index is 2.47. The standard InChI is InChI=1S/C16H26N2O/c1-4-13-5-7-14(8-6-13)11-18-16(19)15(10-17)9-12(2)3/h5-8,12,15H,4,9-11,17H2,1-3H3,(H,18,19). The van der Waals surface area contributed by atoms with E-state index in [1.54, 1.807) is 0 Å². The van der Waals surface area contributed by atoms with Crippen LogP contribution in [-0.2, 0) is 17.8 Å². The van der Waals surface area contributed by atoms with Crippen molar-refractivity contribution in [2.45, 2.75) is 40.2 Å². The van der Waals surface area contributed by atoms with E-state index in [-0.39, 0.29) is 11.8 Å². The van der Waals surface area contributed by atoms with Crippen LogP contribution in [0.3, 0.4) is 0 Å². The van der Waals surface area contributed by atoms with Gasteiger partial charge in [-0.15, -0.1) is 0 Å². The van der Waals surface area contributed by atoms with Crippen LogP contribution in [0.2, 0.25) is 0 Å². The van der Waals surface area contributed by atoms with E-state index < -0.39 is 0 Å². The Morgan fingerprint density at radius 1 is 1.21 bits per heavy atom. The number of hydrogen-bond acceptors (Lipinski definition) is 2. The second-order valence-corrected chi connectivity index (χ2v) is 5.45. The number of hydrogen-bond donors (Lipinski definition) is 2. The maximum absolute atomic E-state index is 12.0. The highest BCUT2D eigenvalue weighted by atomic mass is 16.1. The van der Waals surface area contributed by atoms with Gasteiger partial charge in [0.05, 0.1) is 5.92 Å². The average molecular weight is 262 g/mol. The summed E-state index contributed by atoms with van der Waals surface area (Å²) in [5.74, 6) is 0.480. The van der Waals surface area contributed by atoms with Gasteiger partial charge in [0, 0.05) is 13.1 Å². The molecule has 106 valence electrons. The number of amides is 1. The van der Waals surface area contributed by atoms with Gasteiger partial charge in [0.2, 0.25) is 5.91 Å². The van der Waals surface area contributed by atoms with Gasteiger partial charge >= 0.3 is 0 Å². The predicted molar refractivity (Wildman–Crippen MR) is 79.7 cm³/mol. The molecule has 0 bridgehead atoms. The summed E-state index contributed by atoms with van der Waals surface area (Å²) in [6.07, 6.45) is 1.88. The van der Waals surface area contributed by atoms with Crippen LogP contribution in [0.15, 0.2) is 24.3 Å². The lowest BCUT2D eigenvalue weighted by atomic mass is 9.96. The minimum Gasteiger partial charge on any atom is -0.352 e. The molecule has 19 heavy (non-hydrogen) atoms. The van der Waals surface area contributed by atoms with E-state index in [9.17, 15) is 4.79 Å².